The Labute approximate surface area is 60.8 Å². The highest BCUT2D eigenvalue weighted by molar-refractivity contribution is 4.91. The van der Waals surface area contributed by atoms with Gasteiger partial charge in [-0.25, -0.2) is 0 Å². The molecule has 1 aliphatic heterocycles. The van der Waals surface area contributed by atoms with Crippen molar-refractivity contribution in [1.82, 2.24) is 0 Å². The van der Waals surface area contributed by atoms with Crippen molar-refractivity contribution in [1.29, 1.82) is 0 Å². The number of hydrogen-bond acceptors (Lipinski definition) is 2. The Morgan fingerprint density at radius 1 is 1.30 bits per heavy atom. The number of ether oxygens (including phenoxy) is 2. The predicted octanol–water partition coefficient (Wildman–Crippen LogP) is 1.27. The van der Waals surface area contributed by atoms with E-state index in [-0.39, 0.29) is 5.79 Å². The predicted molar refractivity (Wildman–Crippen MR) is 36.3 cm³/mol. The summed E-state index contributed by atoms with van der Waals surface area (Å²) in [4.78, 5) is 0. The van der Waals surface area contributed by atoms with Crippen LogP contribution < -0.4 is 0 Å². The molecule has 1 radical (unpaired) electrons. The second kappa shape index (κ2) is 2.36. The quantitative estimate of drug-likeness (QED) is 0.503. The second-order valence-corrected chi connectivity index (χ2v) is 2.72. The molecule has 10 heavy (non-hydrogen) atoms. The van der Waals surface area contributed by atoms with Crippen LogP contribution in [-0.4, -0.2) is 19.0 Å². The minimum Gasteiger partial charge on any atom is -0.347 e. The molecule has 2 nitrogen and oxygen atoms in total. The van der Waals surface area contributed by atoms with Crippen LogP contribution in [0, 0.1) is 6.08 Å². The molecule has 1 aliphatic carbocycles. The fourth-order valence-corrected chi connectivity index (χ4v) is 1.45. The summed E-state index contributed by atoms with van der Waals surface area (Å²) < 4.78 is 11.0. The zero-order chi connectivity index (χ0) is 6.86. The van der Waals surface area contributed by atoms with Crippen molar-refractivity contribution in [3.05, 3.63) is 12.2 Å². The van der Waals surface area contributed by atoms with Crippen molar-refractivity contribution in [2.24, 2.45) is 0 Å². The lowest BCUT2D eigenvalue weighted by Gasteiger charge is -2.27. The van der Waals surface area contributed by atoms with Gasteiger partial charge in [0.15, 0.2) is 5.79 Å². The molecule has 0 amide bonds. The van der Waals surface area contributed by atoms with E-state index >= 15 is 0 Å². The van der Waals surface area contributed by atoms with E-state index in [2.05, 4.69) is 6.08 Å². The van der Waals surface area contributed by atoms with Crippen LogP contribution >= 0.6 is 0 Å². The molecule has 1 fully saturated rings. The van der Waals surface area contributed by atoms with Crippen molar-refractivity contribution in [2.45, 2.75) is 25.0 Å². The smallest absolute Gasteiger partial charge is 0.172 e. The van der Waals surface area contributed by atoms with Gasteiger partial charge in [0.1, 0.15) is 0 Å². The monoisotopic (exact) mass is 139 g/mol. The first kappa shape index (κ1) is 6.38. The van der Waals surface area contributed by atoms with E-state index in [1.54, 1.807) is 0 Å². The van der Waals surface area contributed by atoms with Crippen molar-refractivity contribution in [3.8, 4) is 0 Å². The van der Waals surface area contributed by atoms with E-state index in [0.717, 1.165) is 32.5 Å². The minimum absolute atomic E-state index is 0.245. The summed E-state index contributed by atoms with van der Waals surface area (Å²) in [7, 11) is 0. The van der Waals surface area contributed by atoms with E-state index in [9.17, 15) is 0 Å². The molecule has 2 heteroatoms. The molecule has 1 saturated heterocycles. The largest absolute Gasteiger partial charge is 0.347 e. The zero-order valence-corrected chi connectivity index (χ0v) is 5.93. The molecule has 0 saturated carbocycles. The van der Waals surface area contributed by atoms with Crippen LogP contribution in [0.3, 0.4) is 0 Å². The molecular weight excluding hydrogens is 128 g/mol. The topological polar surface area (TPSA) is 18.5 Å². The van der Waals surface area contributed by atoms with Gasteiger partial charge in [0, 0.05) is 12.8 Å². The van der Waals surface area contributed by atoms with E-state index < -0.39 is 0 Å². The van der Waals surface area contributed by atoms with E-state index in [1.807, 2.05) is 6.08 Å². The molecule has 2 rings (SSSR count). The molecule has 1 heterocycles. The third kappa shape index (κ3) is 0.976. The Hall–Kier alpha value is -0.340. The van der Waals surface area contributed by atoms with Gasteiger partial charge in [-0.3, -0.25) is 0 Å². The molecule has 0 aromatic rings. The highest BCUT2D eigenvalue weighted by Gasteiger charge is 2.35. The molecule has 0 unspecified atom stereocenters. The molecule has 1 spiro atoms. The Balaban J connectivity index is 2.06. The summed E-state index contributed by atoms with van der Waals surface area (Å²) >= 11 is 0. The normalized spacial score (nSPS) is 29.6. The Morgan fingerprint density at radius 2 is 2.10 bits per heavy atom. The number of rotatable bonds is 0. The van der Waals surface area contributed by atoms with Gasteiger partial charge in [-0.15, -0.1) is 0 Å². The van der Waals surface area contributed by atoms with E-state index in [0.29, 0.717) is 0 Å². The third-order valence-corrected chi connectivity index (χ3v) is 2.02. The third-order valence-electron chi connectivity index (χ3n) is 2.02. The lowest BCUT2D eigenvalue weighted by atomic mass is 10.0. The van der Waals surface area contributed by atoms with Crippen LogP contribution in [-0.2, 0) is 9.47 Å². The van der Waals surface area contributed by atoms with Crippen LogP contribution in [0.4, 0.5) is 0 Å². The van der Waals surface area contributed by atoms with E-state index in [1.165, 1.54) is 0 Å². The number of allylic oxidation sites excluding steroid dienone is 1. The first-order valence-electron chi connectivity index (χ1n) is 3.74. The molecule has 0 aromatic carbocycles. The zero-order valence-electron chi connectivity index (χ0n) is 5.93. The van der Waals surface area contributed by atoms with Crippen LogP contribution in [0.15, 0.2) is 6.08 Å². The van der Waals surface area contributed by atoms with Crippen LogP contribution in [0.5, 0.6) is 0 Å². The van der Waals surface area contributed by atoms with Gasteiger partial charge >= 0.3 is 0 Å². The Morgan fingerprint density at radius 3 is 2.70 bits per heavy atom. The Bertz CT molecular complexity index is 145. The van der Waals surface area contributed by atoms with Crippen LogP contribution in [0.25, 0.3) is 0 Å². The van der Waals surface area contributed by atoms with Gasteiger partial charge in [-0.05, 0) is 12.5 Å². The van der Waals surface area contributed by atoms with Gasteiger partial charge in [-0.1, -0.05) is 6.08 Å². The molecule has 0 bridgehead atoms. The lowest BCUT2D eigenvalue weighted by Crippen LogP contribution is -2.30. The van der Waals surface area contributed by atoms with Crippen LogP contribution in [0.1, 0.15) is 19.3 Å². The molecule has 0 atom stereocenters. The first-order chi connectivity index (χ1) is 4.91. The summed E-state index contributed by atoms with van der Waals surface area (Å²) in [5.41, 5.74) is 0. The van der Waals surface area contributed by atoms with Crippen LogP contribution in [0.2, 0.25) is 0 Å². The average Bonchev–Trinajstić information content (AvgIpc) is 2.39. The van der Waals surface area contributed by atoms with Crippen molar-refractivity contribution in [2.75, 3.05) is 13.2 Å². The fraction of sp³-hybridized carbons (Fsp3) is 0.750. The van der Waals surface area contributed by atoms with Gasteiger partial charge in [0.05, 0.1) is 13.2 Å². The van der Waals surface area contributed by atoms with E-state index in [4.69, 9.17) is 9.47 Å². The minimum atomic E-state index is -0.245. The SMILES string of the molecule is [C]1=CCC2(CC1)OCCO2. The number of hydrogen-bond donors (Lipinski definition) is 0. The summed E-state index contributed by atoms with van der Waals surface area (Å²) in [6.45, 7) is 1.52. The van der Waals surface area contributed by atoms with Gasteiger partial charge < -0.3 is 9.47 Å². The summed E-state index contributed by atoms with van der Waals surface area (Å²) in [6.07, 6.45) is 8.00. The molecule has 2 aliphatic rings. The Kier molecular flexibility index (Phi) is 1.51. The average molecular weight is 139 g/mol. The fourth-order valence-electron chi connectivity index (χ4n) is 1.45. The highest BCUT2D eigenvalue weighted by atomic mass is 16.7. The maximum atomic E-state index is 5.49. The molecule has 0 aromatic heterocycles. The molecular formula is C8H11O2. The first-order valence-corrected chi connectivity index (χ1v) is 3.74. The molecule has 0 N–H and O–H groups in total. The van der Waals surface area contributed by atoms with Gasteiger partial charge in [0.2, 0.25) is 0 Å². The highest BCUT2D eigenvalue weighted by Crippen LogP contribution is 2.31. The van der Waals surface area contributed by atoms with Gasteiger partial charge in [0.25, 0.3) is 0 Å². The standard InChI is InChI=1S/C8H11O2/c1-2-4-8(5-3-1)9-6-7-10-8/h2H,3-7H2. The maximum Gasteiger partial charge on any atom is 0.172 e. The van der Waals surface area contributed by atoms with Crippen molar-refractivity contribution in [3.63, 3.8) is 0 Å². The molecule has 55 valence electrons. The maximum absolute atomic E-state index is 5.49. The summed E-state index contributed by atoms with van der Waals surface area (Å²) in [6, 6.07) is 0. The van der Waals surface area contributed by atoms with Crippen molar-refractivity contribution < 1.29 is 9.47 Å². The van der Waals surface area contributed by atoms with Crippen molar-refractivity contribution >= 4 is 0 Å². The summed E-state index contributed by atoms with van der Waals surface area (Å²) in [5, 5.41) is 0. The van der Waals surface area contributed by atoms with Gasteiger partial charge in [-0.2, -0.15) is 0 Å². The summed E-state index contributed by atoms with van der Waals surface area (Å²) in [5.74, 6) is -0.245. The second-order valence-electron chi connectivity index (χ2n) is 2.72. The lowest BCUT2D eigenvalue weighted by molar-refractivity contribution is -0.161.